The highest BCUT2D eigenvalue weighted by Gasteiger charge is 2.42. The number of pyridine rings is 6. The third-order valence-electron chi connectivity index (χ3n) is 27.1. The van der Waals surface area contributed by atoms with Gasteiger partial charge in [-0.3, -0.25) is 0 Å². The Morgan fingerprint density at radius 3 is 0.955 bits per heavy atom. The second-order valence-electron chi connectivity index (χ2n) is 35.2. The SMILES string of the molecule is Cc1ccc2c(oc3ncccc32)c1N1C=CN(c2ccccc2)C1C.Cc1ccc2c(oc3ncccc32)c1N1c2ccccc2N(C(C)C)C1C.Cc1ccc2c(oc3ncccc32)c1N1c2ccccc2N(C)C1C.Cc1ccc2c(oc3ncccc32)c1N1c2ccccc2N(c2ccccc2)C1C.Cc1ccc2c(oc3ncccc32)c1N1c2ncccc2N(C)C1C. The molecule has 0 spiro atoms. The number of hydrogen-bond donors (Lipinski definition) is 0. The minimum atomic E-state index is 0.0928. The molecule has 0 fully saturated rings. The van der Waals surface area contributed by atoms with E-state index in [4.69, 9.17) is 22.1 Å². The first-order chi connectivity index (χ1) is 64.9. The number of benzene rings is 10. The fourth-order valence-electron chi connectivity index (χ4n) is 20.6. The summed E-state index contributed by atoms with van der Waals surface area (Å²) in [6.45, 7) is 26.3. The Morgan fingerprint density at radius 1 is 0.241 bits per heavy atom. The van der Waals surface area contributed by atoms with Crippen molar-refractivity contribution in [3.63, 3.8) is 0 Å². The van der Waals surface area contributed by atoms with Gasteiger partial charge in [-0.05, 0) is 244 Å². The van der Waals surface area contributed by atoms with Crippen LogP contribution in [0.15, 0.2) is 339 Å². The molecule has 0 aliphatic carbocycles. The molecule has 5 atom stereocenters. The molecule has 0 saturated heterocycles. The lowest BCUT2D eigenvalue weighted by molar-refractivity contribution is 0.602. The summed E-state index contributed by atoms with van der Waals surface area (Å²) in [7, 11) is 4.24. The van der Waals surface area contributed by atoms with E-state index in [0.29, 0.717) is 34.6 Å². The van der Waals surface area contributed by atoms with Crippen molar-refractivity contribution in [2.45, 2.75) is 120 Å². The number of para-hydroxylation sites is 8. The average molecular weight is 1750 g/mol. The van der Waals surface area contributed by atoms with Crippen LogP contribution in [-0.4, -0.2) is 80.9 Å². The first kappa shape index (κ1) is 82.5. The first-order valence-corrected chi connectivity index (χ1v) is 45.5. The molecule has 0 N–H and O–H groups in total. The van der Waals surface area contributed by atoms with E-state index in [1.807, 2.05) is 48.7 Å². The van der Waals surface area contributed by atoms with Gasteiger partial charge in [0.15, 0.2) is 33.7 Å². The monoisotopic (exact) mass is 1750 g/mol. The van der Waals surface area contributed by atoms with E-state index >= 15 is 0 Å². The second kappa shape index (κ2) is 33.1. The van der Waals surface area contributed by atoms with Crippen molar-refractivity contribution in [1.82, 2.24) is 29.9 Å². The van der Waals surface area contributed by atoms with Gasteiger partial charge in [0.05, 0.1) is 68.2 Å². The van der Waals surface area contributed by atoms with Crippen molar-refractivity contribution >= 4 is 196 Å². The van der Waals surface area contributed by atoms with Crippen LogP contribution in [0.25, 0.3) is 110 Å². The van der Waals surface area contributed by atoms with Crippen LogP contribution in [0.4, 0.5) is 85.4 Å². The first-order valence-electron chi connectivity index (χ1n) is 45.5. The number of aromatic nitrogens is 6. The lowest BCUT2D eigenvalue weighted by Gasteiger charge is -2.33. The molecule has 658 valence electrons. The highest BCUT2D eigenvalue weighted by Crippen LogP contribution is 2.55. The van der Waals surface area contributed by atoms with Crippen molar-refractivity contribution in [3.05, 3.63) is 344 Å². The molecule has 21 heteroatoms. The third-order valence-corrected chi connectivity index (χ3v) is 27.1. The normalized spacial score (nSPS) is 16.6. The molecule has 21 nitrogen and oxygen atoms in total. The minimum absolute atomic E-state index is 0.0928. The van der Waals surface area contributed by atoms with Gasteiger partial charge in [-0.15, -0.1) is 0 Å². The summed E-state index contributed by atoms with van der Waals surface area (Å²) in [4.78, 5) is 50.0. The molecule has 5 aliphatic heterocycles. The van der Waals surface area contributed by atoms with Gasteiger partial charge in [-0.1, -0.05) is 133 Å². The number of hydrogen-bond acceptors (Lipinski definition) is 21. The number of rotatable bonds is 8. The van der Waals surface area contributed by atoms with Gasteiger partial charge in [-0.25, -0.2) is 29.9 Å². The van der Waals surface area contributed by atoms with Crippen molar-refractivity contribution in [1.29, 1.82) is 0 Å². The molecule has 0 saturated carbocycles. The average Bonchev–Trinajstić information content (AvgIpc) is 1.58. The zero-order chi connectivity index (χ0) is 90.9. The van der Waals surface area contributed by atoms with Gasteiger partial charge in [0, 0.05) is 135 Å². The maximum Gasteiger partial charge on any atom is 0.227 e. The summed E-state index contributed by atoms with van der Waals surface area (Å²) in [5, 5.41) is 10.8. The van der Waals surface area contributed by atoms with Gasteiger partial charge in [0.2, 0.25) is 28.6 Å². The van der Waals surface area contributed by atoms with E-state index in [1.165, 1.54) is 67.8 Å². The zero-order valence-corrected chi connectivity index (χ0v) is 76.7. The smallest absolute Gasteiger partial charge is 0.227 e. The second-order valence-corrected chi connectivity index (χ2v) is 35.2. The summed E-state index contributed by atoms with van der Waals surface area (Å²) < 4.78 is 31.1. The van der Waals surface area contributed by atoms with Crippen molar-refractivity contribution < 1.29 is 22.1 Å². The van der Waals surface area contributed by atoms with E-state index in [-0.39, 0.29) is 30.8 Å². The van der Waals surface area contributed by atoms with Crippen LogP contribution in [-0.2, 0) is 0 Å². The van der Waals surface area contributed by atoms with Crippen molar-refractivity contribution in [2.24, 2.45) is 0 Å². The van der Waals surface area contributed by atoms with Crippen LogP contribution in [0.2, 0.25) is 0 Å². The standard InChI is InChI=1S/C26H21N3O.C23H23N3O.C22H19N3O.C21H19N3O.C20H18N4O/c1-17-14-15-20-21-11-8-16-27-26(21)30-25(20)24(17)29-18(2)28(19-9-4-3-5-10-19)22-12-6-7-13-23(22)29;1-14(2)25-16(4)26(20-10-6-5-9-19(20)25)21-15(3)11-12-17-18-8-7-13-24-23(18)27-22(17)21;1-15-10-11-18-19-9-6-12-23-22(19)26-21(18)20(15)25-14-13-24(16(25)2)17-7-4-3-5-8-17;1-13-10-11-15-16-7-6-12-22-21(16)25-20(15)19(13)24-14(2)23(3)17-8-4-5-9-18(17)24;1-12-8-9-14-15-6-4-11-22-20(15)25-18(14)17(12)24-13(2)23(3)16-7-5-10-21-19(16)24/h3-16,18H,1-2H3;5-14,16H,1-4H3;3-14,16H,1-2H3;4-12,14H,1-3H3;4-11,13H,1-3H3. The Balaban J connectivity index is 0.0000000971. The summed E-state index contributed by atoms with van der Waals surface area (Å²) in [5.74, 6) is 0.960. The maximum atomic E-state index is 6.31. The summed E-state index contributed by atoms with van der Waals surface area (Å²) >= 11 is 0. The van der Waals surface area contributed by atoms with Crippen molar-refractivity contribution in [2.75, 3.05) is 63.1 Å². The Labute approximate surface area is 770 Å². The molecule has 26 rings (SSSR count). The van der Waals surface area contributed by atoms with Crippen LogP contribution in [0, 0.1) is 34.6 Å². The minimum Gasteiger partial charge on any atom is -0.435 e. The van der Waals surface area contributed by atoms with E-state index in [0.717, 1.165) is 127 Å². The lowest BCUT2D eigenvalue weighted by Crippen LogP contribution is -2.42. The molecule has 11 aromatic heterocycles. The molecule has 16 heterocycles. The number of anilines is 15. The fourth-order valence-corrected chi connectivity index (χ4v) is 20.6. The zero-order valence-electron chi connectivity index (χ0n) is 76.7. The maximum absolute atomic E-state index is 6.31. The van der Waals surface area contributed by atoms with Crippen molar-refractivity contribution in [3.8, 4) is 0 Å². The predicted octanol–water partition coefficient (Wildman–Crippen LogP) is 28.2. The largest absolute Gasteiger partial charge is 0.435 e. The molecule has 21 aromatic rings. The summed E-state index contributed by atoms with van der Waals surface area (Å²) in [6.07, 6.45) is 15.8. The Bertz CT molecular complexity index is 7920. The number of nitrogens with zero attached hydrogens (tertiary/aromatic N) is 16. The van der Waals surface area contributed by atoms with Crippen LogP contribution in [0.3, 0.4) is 0 Å². The topological polar surface area (TPSA) is 175 Å². The predicted molar refractivity (Wildman–Crippen MR) is 544 cm³/mol. The van der Waals surface area contributed by atoms with E-state index in [2.05, 4.69) is 413 Å². The molecule has 0 bridgehead atoms. The molecule has 5 unspecified atom stereocenters. The van der Waals surface area contributed by atoms with Crippen LogP contribution >= 0.6 is 0 Å². The van der Waals surface area contributed by atoms with Crippen LogP contribution in [0.5, 0.6) is 0 Å². The lowest BCUT2D eigenvalue weighted by atomic mass is 10.1. The highest BCUT2D eigenvalue weighted by molar-refractivity contribution is 6.15. The number of fused-ring (bicyclic) bond motifs is 19. The van der Waals surface area contributed by atoms with Gasteiger partial charge < -0.3 is 71.1 Å². The van der Waals surface area contributed by atoms with Gasteiger partial charge in [-0.2, -0.15) is 0 Å². The molecular weight excluding hydrogens is 1650 g/mol. The highest BCUT2D eigenvalue weighted by atomic mass is 16.4. The van der Waals surface area contributed by atoms with E-state index in [1.54, 1.807) is 31.0 Å². The molecule has 133 heavy (non-hydrogen) atoms. The van der Waals surface area contributed by atoms with E-state index < -0.39 is 0 Å². The van der Waals surface area contributed by atoms with Crippen LogP contribution < -0.4 is 49.0 Å². The Morgan fingerprint density at radius 2 is 0.534 bits per heavy atom. The quantitative estimate of drug-likeness (QED) is 0.140. The van der Waals surface area contributed by atoms with Gasteiger partial charge in [0.25, 0.3) is 0 Å². The third kappa shape index (κ3) is 13.6. The van der Waals surface area contributed by atoms with E-state index in [9.17, 15) is 0 Å². The van der Waals surface area contributed by atoms with Crippen LogP contribution in [0.1, 0.15) is 76.3 Å². The van der Waals surface area contributed by atoms with Gasteiger partial charge >= 0.3 is 0 Å². The van der Waals surface area contributed by atoms with Gasteiger partial charge in [0.1, 0.15) is 30.8 Å². The fraction of sp³-hybridized carbons (Fsp3) is 0.179. The Hall–Kier alpha value is -16.2. The molecule has 10 aromatic carbocycles. The molecule has 5 aliphatic rings. The number of furan rings is 5. The molecular formula is C112H100N16O5. The summed E-state index contributed by atoms with van der Waals surface area (Å²) in [6, 6.07) is 92.8. The molecule has 0 amide bonds. The number of aryl methyl sites for hydroxylation is 5. The molecule has 0 radical (unpaired) electrons. The Kier molecular flexibility index (Phi) is 20.5. The summed E-state index contributed by atoms with van der Waals surface area (Å²) in [5.41, 5.74) is 30.1.